The molecule has 356 valence electrons. The lowest BCUT2D eigenvalue weighted by molar-refractivity contribution is 0.0737. The molecule has 1 aromatic carbocycles. The van der Waals surface area contributed by atoms with E-state index in [2.05, 4.69) is 35.6 Å². The summed E-state index contributed by atoms with van der Waals surface area (Å²) in [7, 11) is 0. The Morgan fingerprint density at radius 2 is 0.508 bits per heavy atom. The van der Waals surface area contributed by atoms with Gasteiger partial charge in [0.25, 0.3) is 0 Å². The first-order chi connectivity index (χ1) is 30.4. The normalized spacial score (nSPS) is 26.7. The van der Waals surface area contributed by atoms with Gasteiger partial charge in [0.2, 0.25) is 0 Å². The Bertz CT molecular complexity index is 940. The second-order valence-electron chi connectivity index (χ2n) is 21.5. The zero-order chi connectivity index (χ0) is 42.7. The lowest BCUT2D eigenvalue weighted by atomic mass is 9.56. The third-order valence-electron chi connectivity index (χ3n) is 15.8. The van der Waals surface area contributed by atoms with Crippen LogP contribution in [-0.2, 0) is 0 Å². The molecule has 1 aromatic rings. The molecule has 1 aliphatic heterocycles. The van der Waals surface area contributed by atoms with Crippen LogP contribution in [-0.4, -0.2) is 13.1 Å². The van der Waals surface area contributed by atoms with Gasteiger partial charge in [-0.15, -0.1) is 0 Å². The average molecular weight is 847 g/mol. The molecule has 1 heterocycles. The van der Waals surface area contributed by atoms with Crippen molar-refractivity contribution in [2.24, 2.45) is 5.41 Å². The van der Waals surface area contributed by atoms with Crippen molar-refractivity contribution in [3.63, 3.8) is 0 Å². The fraction of sp³-hybridized carbons (Fsp3) is 0.900. The first-order valence-corrected chi connectivity index (χ1v) is 29.1. The minimum Gasteiger partial charge on any atom is -0.317 e. The Morgan fingerprint density at radius 1 is 0.262 bits per heavy atom. The lowest BCUT2D eigenvalue weighted by Crippen LogP contribution is -2.38. The summed E-state index contributed by atoms with van der Waals surface area (Å²) in [6, 6.07) is 11.4. The van der Waals surface area contributed by atoms with Gasteiger partial charge in [0.05, 0.1) is 0 Å². The Balaban J connectivity index is 1.21. The number of hydrogen-bond acceptors (Lipinski definition) is 1. The van der Waals surface area contributed by atoms with Crippen LogP contribution in [0, 0.1) is 5.41 Å². The van der Waals surface area contributed by atoms with E-state index in [1.807, 2.05) is 0 Å². The molecule has 2 fully saturated rings. The van der Waals surface area contributed by atoms with E-state index in [1.165, 1.54) is 334 Å². The molecule has 1 saturated heterocycles. The second-order valence-corrected chi connectivity index (χ2v) is 21.5. The van der Waals surface area contributed by atoms with E-state index in [1.54, 1.807) is 5.56 Å². The maximum absolute atomic E-state index is 3.89. The molecule has 0 unspecified atom stereocenters. The van der Waals surface area contributed by atoms with Crippen molar-refractivity contribution in [2.75, 3.05) is 13.1 Å². The topological polar surface area (TPSA) is 12.0 Å². The molecule has 61 heavy (non-hydrogen) atoms. The molecular formula is C60H111N. The van der Waals surface area contributed by atoms with Gasteiger partial charge >= 0.3 is 0 Å². The summed E-state index contributed by atoms with van der Waals surface area (Å²) in [4.78, 5) is 0. The van der Waals surface area contributed by atoms with Gasteiger partial charge in [-0.1, -0.05) is 319 Å². The summed E-state index contributed by atoms with van der Waals surface area (Å²) < 4.78 is 0. The summed E-state index contributed by atoms with van der Waals surface area (Å²) in [6.45, 7) is 2.47. The summed E-state index contributed by atoms with van der Waals surface area (Å²) in [5.41, 5.74) is 2.20. The van der Waals surface area contributed by atoms with E-state index in [-0.39, 0.29) is 0 Å². The highest BCUT2D eigenvalue weighted by Crippen LogP contribution is 2.56. The Kier molecular flexibility index (Phi) is 37.4. The molecule has 0 bridgehead atoms. The second kappa shape index (κ2) is 41.9. The van der Waals surface area contributed by atoms with Gasteiger partial charge < -0.3 is 5.32 Å². The zero-order valence-electron chi connectivity index (χ0n) is 41.7. The molecule has 0 radical (unpaired) electrons. The van der Waals surface area contributed by atoms with E-state index in [4.69, 9.17) is 0 Å². The molecular weight excluding hydrogens is 735 g/mol. The van der Waals surface area contributed by atoms with Crippen LogP contribution in [0.3, 0.4) is 0 Å². The molecule has 1 aliphatic carbocycles. The molecule has 1 spiro atoms. The van der Waals surface area contributed by atoms with Crippen LogP contribution in [0.5, 0.6) is 0 Å². The van der Waals surface area contributed by atoms with Gasteiger partial charge in [0, 0.05) is 0 Å². The van der Waals surface area contributed by atoms with Crippen molar-refractivity contribution in [2.45, 2.75) is 327 Å². The summed E-state index contributed by atoms with van der Waals surface area (Å²) >= 11 is 0. The molecule has 1 heteroatoms. The maximum Gasteiger partial charge on any atom is -0.00436 e. The minimum atomic E-state index is 0.606. The zero-order valence-corrected chi connectivity index (χ0v) is 41.7. The molecule has 2 aliphatic rings. The van der Waals surface area contributed by atoms with Gasteiger partial charge in [0.1, 0.15) is 0 Å². The maximum atomic E-state index is 3.89. The molecule has 3 rings (SSSR count). The SMILES string of the molecule is c1ccc(C2CC3(CCCCCCCCCCCCCCCCCCCCCCCCCCCCCCCCCCCCCCCCCCCCCCCCNCC3)C2)cc1. The smallest absolute Gasteiger partial charge is 0.00436 e. The van der Waals surface area contributed by atoms with Gasteiger partial charge in [-0.05, 0) is 62.1 Å². The first kappa shape index (κ1) is 54.5. The quantitative estimate of drug-likeness (QED) is 0.297. The van der Waals surface area contributed by atoms with Crippen LogP contribution in [0.2, 0.25) is 0 Å². The van der Waals surface area contributed by atoms with Crippen molar-refractivity contribution >= 4 is 0 Å². The molecule has 0 aromatic heterocycles. The van der Waals surface area contributed by atoms with Crippen LogP contribution in [0.4, 0.5) is 0 Å². The standard InChI is InChI=1S/C60H111N/c1-2-4-6-8-10-12-14-16-18-20-22-24-26-28-30-32-34-36-38-40-42-44-49-54-61-55-53-60(56-59(57-60)58-50-46-45-47-51-58)52-48-43-41-39-37-35-33-31-29-27-25-23-21-19-17-15-13-11-9-7-5-3-1/h45-47,50-51,59,61H,1-44,48-49,52-57H2. The van der Waals surface area contributed by atoms with Crippen molar-refractivity contribution < 1.29 is 0 Å². The number of benzene rings is 1. The van der Waals surface area contributed by atoms with E-state index < -0.39 is 0 Å². The number of hydrogen-bond donors (Lipinski definition) is 1. The number of rotatable bonds is 1. The Morgan fingerprint density at radius 3 is 0.787 bits per heavy atom. The van der Waals surface area contributed by atoms with Gasteiger partial charge in [-0.3, -0.25) is 0 Å². The van der Waals surface area contributed by atoms with E-state index in [0.29, 0.717) is 5.41 Å². The van der Waals surface area contributed by atoms with Crippen LogP contribution < -0.4 is 5.32 Å². The van der Waals surface area contributed by atoms with Crippen LogP contribution in [0.1, 0.15) is 333 Å². The summed E-state index contributed by atoms with van der Waals surface area (Å²) in [5, 5.41) is 3.89. The van der Waals surface area contributed by atoms with E-state index >= 15 is 0 Å². The molecule has 1 saturated carbocycles. The van der Waals surface area contributed by atoms with E-state index in [9.17, 15) is 0 Å². The third-order valence-corrected chi connectivity index (χ3v) is 15.8. The van der Waals surface area contributed by atoms with Crippen molar-refractivity contribution in [3.05, 3.63) is 35.9 Å². The van der Waals surface area contributed by atoms with Crippen molar-refractivity contribution in [1.82, 2.24) is 5.32 Å². The predicted molar refractivity (Wildman–Crippen MR) is 275 cm³/mol. The fourth-order valence-corrected chi connectivity index (χ4v) is 11.5. The predicted octanol–water partition coefficient (Wildman–Crippen LogP) is 20.9. The van der Waals surface area contributed by atoms with Crippen LogP contribution >= 0.6 is 0 Å². The third kappa shape index (κ3) is 32.5. The van der Waals surface area contributed by atoms with E-state index in [0.717, 1.165) is 5.92 Å². The Hall–Kier alpha value is -0.820. The molecule has 0 amide bonds. The summed E-state index contributed by atoms with van der Waals surface area (Å²) in [6.07, 6.45) is 73.9. The average Bonchev–Trinajstić information content (AvgIpc) is 3.26. The minimum absolute atomic E-state index is 0.606. The first-order valence-electron chi connectivity index (χ1n) is 29.1. The molecule has 1 nitrogen and oxygen atoms in total. The number of nitrogens with one attached hydrogen (secondary N) is 1. The van der Waals surface area contributed by atoms with Crippen molar-refractivity contribution in [1.29, 1.82) is 0 Å². The van der Waals surface area contributed by atoms with Crippen LogP contribution in [0.15, 0.2) is 30.3 Å². The largest absolute Gasteiger partial charge is 0.317 e. The lowest BCUT2D eigenvalue weighted by Gasteiger charge is -2.49. The Labute approximate surface area is 385 Å². The fourth-order valence-electron chi connectivity index (χ4n) is 11.5. The highest BCUT2D eigenvalue weighted by atomic mass is 14.8. The molecule has 1 N–H and O–H groups in total. The molecule has 0 atom stereocenters. The van der Waals surface area contributed by atoms with Gasteiger partial charge in [-0.25, -0.2) is 0 Å². The highest BCUT2D eigenvalue weighted by Gasteiger charge is 2.43. The monoisotopic (exact) mass is 846 g/mol. The van der Waals surface area contributed by atoms with Crippen LogP contribution in [0.25, 0.3) is 0 Å². The van der Waals surface area contributed by atoms with Crippen molar-refractivity contribution in [3.8, 4) is 0 Å². The van der Waals surface area contributed by atoms with Gasteiger partial charge in [0.15, 0.2) is 0 Å². The highest BCUT2D eigenvalue weighted by molar-refractivity contribution is 5.23. The van der Waals surface area contributed by atoms with Gasteiger partial charge in [-0.2, -0.15) is 0 Å². The summed E-state index contributed by atoms with van der Waals surface area (Å²) in [5.74, 6) is 0.807.